The summed E-state index contributed by atoms with van der Waals surface area (Å²) in [4.78, 5) is 10.8. The minimum absolute atomic E-state index is 0.265. The van der Waals surface area contributed by atoms with Crippen LogP contribution in [0.3, 0.4) is 0 Å². The molecule has 1 fully saturated rings. The molecule has 16 heavy (non-hydrogen) atoms. The minimum Gasteiger partial charge on any atom is -0.375 e. The maximum atomic E-state index is 5.53. The molecule has 1 unspecified atom stereocenters. The van der Waals surface area contributed by atoms with Crippen LogP contribution in [0.5, 0.6) is 0 Å². The van der Waals surface area contributed by atoms with Gasteiger partial charge in [-0.05, 0) is 13.8 Å². The van der Waals surface area contributed by atoms with E-state index in [1.165, 1.54) is 0 Å². The number of nitrogens with zero attached hydrogens (tertiary/aromatic N) is 3. The Bertz CT molecular complexity index is 369. The van der Waals surface area contributed by atoms with Crippen molar-refractivity contribution in [3.05, 3.63) is 11.9 Å². The van der Waals surface area contributed by atoms with E-state index < -0.39 is 0 Å². The quantitative estimate of drug-likeness (QED) is 0.810. The zero-order valence-corrected chi connectivity index (χ0v) is 10.0. The van der Waals surface area contributed by atoms with Crippen molar-refractivity contribution >= 4 is 11.6 Å². The summed E-state index contributed by atoms with van der Waals surface area (Å²) in [5.41, 5.74) is 1.10. The van der Waals surface area contributed by atoms with Crippen LogP contribution in [0.4, 0.5) is 11.6 Å². The summed E-state index contributed by atoms with van der Waals surface area (Å²) in [5.74, 6) is 1.90. The Balaban J connectivity index is 2.25. The number of morpholine rings is 1. The summed E-state index contributed by atoms with van der Waals surface area (Å²) >= 11 is 0. The molecule has 1 aromatic rings. The highest BCUT2D eigenvalue weighted by atomic mass is 16.5. The summed E-state index contributed by atoms with van der Waals surface area (Å²) in [5, 5.41) is 3.08. The van der Waals surface area contributed by atoms with Crippen molar-refractivity contribution in [2.75, 3.05) is 37.0 Å². The summed E-state index contributed by atoms with van der Waals surface area (Å²) < 4.78 is 5.53. The van der Waals surface area contributed by atoms with E-state index in [4.69, 9.17) is 4.74 Å². The highest BCUT2D eigenvalue weighted by Gasteiger charge is 2.20. The smallest absolute Gasteiger partial charge is 0.137 e. The second-order valence-electron chi connectivity index (χ2n) is 4.05. The van der Waals surface area contributed by atoms with Gasteiger partial charge in [0, 0.05) is 25.7 Å². The summed E-state index contributed by atoms with van der Waals surface area (Å²) in [6.45, 7) is 6.68. The van der Waals surface area contributed by atoms with Crippen LogP contribution in [0.25, 0.3) is 0 Å². The van der Waals surface area contributed by atoms with Crippen LogP contribution in [0, 0.1) is 6.92 Å². The van der Waals surface area contributed by atoms with Crippen molar-refractivity contribution in [2.45, 2.75) is 20.0 Å². The molecule has 0 spiro atoms. The molecule has 0 saturated carbocycles. The Morgan fingerprint density at radius 1 is 1.50 bits per heavy atom. The Labute approximate surface area is 95.8 Å². The standard InChI is InChI=1S/C11H18N4O/c1-8-6-15(4-5-16-8)11-9(2)10(12-3)13-7-14-11/h7-8H,4-6H2,1-3H3,(H,12,13,14). The predicted octanol–water partition coefficient (Wildman–Crippen LogP) is 1.05. The fraction of sp³-hybridized carbons (Fsp3) is 0.636. The molecule has 2 rings (SSSR count). The minimum atomic E-state index is 0.265. The summed E-state index contributed by atoms with van der Waals surface area (Å²) in [6.07, 6.45) is 1.87. The molecule has 2 heterocycles. The molecule has 1 aliphatic heterocycles. The van der Waals surface area contributed by atoms with Crippen molar-refractivity contribution in [3.8, 4) is 0 Å². The maximum absolute atomic E-state index is 5.53. The van der Waals surface area contributed by atoms with Gasteiger partial charge in [-0.3, -0.25) is 0 Å². The van der Waals surface area contributed by atoms with Gasteiger partial charge in [-0.2, -0.15) is 0 Å². The number of rotatable bonds is 2. The maximum Gasteiger partial charge on any atom is 0.137 e. The van der Waals surface area contributed by atoms with Crippen LogP contribution in [-0.4, -0.2) is 42.8 Å². The lowest BCUT2D eigenvalue weighted by atomic mass is 10.2. The van der Waals surface area contributed by atoms with E-state index in [2.05, 4.69) is 27.1 Å². The van der Waals surface area contributed by atoms with E-state index in [0.29, 0.717) is 0 Å². The first kappa shape index (κ1) is 11.1. The van der Waals surface area contributed by atoms with Gasteiger partial charge in [-0.1, -0.05) is 0 Å². The monoisotopic (exact) mass is 222 g/mol. The van der Waals surface area contributed by atoms with Crippen molar-refractivity contribution in [1.82, 2.24) is 9.97 Å². The zero-order valence-electron chi connectivity index (χ0n) is 10.0. The van der Waals surface area contributed by atoms with Crippen molar-refractivity contribution in [2.24, 2.45) is 0 Å². The third-order valence-electron chi connectivity index (χ3n) is 2.83. The molecule has 1 aliphatic rings. The Kier molecular flexibility index (Phi) is 3.24. The van der Waals surface area contributed by atoms with Gasteiger partial charge in [0.1, 0.15) is 18.0 Å². The van der Waals surface area contributed by atoms with E-state index in [9.17, 15) is 0 Å². The highest BCUT2D eigenvalue weighted by Crippen LogP contribution is 2.23. The summed E-state index contributed by atoms with van der Waals surface area (Å²) in [7, 11) is 1.88. The first-order valence-corrected chi connectivity index (χ1v) is 5.58. The lowest BCUT2D eigenvalue weighted by Gasteiger charge is -2.33. The molecule has 1 saturated heterocycles. The van der Waals surface area contributed by atoms with E-state index >= 15 is 0 Å². The van der Waals surface area contributed by atoms with Crippen LogP contribution in [0.2, 0.25) is 0 Å². The molecule has 1 atom stereocenters. The molecule has 0 aromatic carbocycles. The number of anilines is 2. The van der Waals surface area contributed by atoms with Crippen molar-refractivity contribution in [1.29, 1.82) is 0 Å². The molecule has 1 aromatic heterocycles. The molecule has 88 valence electrons. The molecule has 0 radical (unpaired) electrons. The summed E-state index contributed by atoms with van der Waals surface area (Å²) in [6, 6.07) is 0. The molecule has 5 nitrogen and oxygen atoms in total. The normalized spacial score (nSPS) is 20.9. The molecular weight excluding hydrogens is 204 g/mol. The van der Waals surface area contributed by atoms with E-state index in [1.54, 1.807) is 6.33 Å². The topological polar surface area (TPSA) is 50.3 Å². The molecule has 0 bridgehead atoms. The second-order valence-corrected chi connectivity index (χ2v) is 4.05. The number of hydrogen-bond donors (Lipinski definition) is 1. The van der Waals surface area contributed by atoms with Gasteiger partial charge in [0.2, 0.25) is 0 Å². The average Bonchev–Trinajstić information content (AvgIpc) is 2.29. The van der Waals surface area contributed by atoms with Gasteiger partial charge in [-0.25, -0.2) is 9.97 Å². The van der Waals surface area contributed by atoms with Crippen LogP contribution in [0.15, 0.2) is 6.33 Å². The lowest BCUT2D eigenvalue weighted by molar-refractivity contribution is 0.0529. The van der Waals surface area contributed by atoms with Crippen LogP contribution in [-0.2, 0) is 4.74 Å². The van der Waals surface area contributed by atoms with E-state index in [1.807, 2.05) is 14.0 Å². The first-order valence-electron chi connectivity index (χ1n) is 5.58. The zero-order chi connectivity index (χ0) is 11.5. The van der Waals surface area contributed by atoms with Gasteiger partial charge in [-0.15, -0.1) is 0 Å². The van der Waals surface area contributed by atoms with Gasteiger partial charge >= 0.3 is 0 Å². The third kappa shape index (κ3) is 2.09. The molecule has 1 N–H and O–H groups in total. The Morgan fingerprint density at radius 2 is 2.31 bits per heavy atom. The third-order valence-corrected chi connectivity index (χ3v) is 2.83. The molecule has 0 aliphatic carbocycles. The lowest BCUT2D eigenvalue weighted by Crippen LogP contribution is -2.42. The Hall–Kier alpha value is -1.36. The predicted molar refractivity (Wildman–Crippen MR) is 63.9 cm³/mol. The van der Waals surface area contributed by atoms with Gasteiger partial charge in [0.05, 0.1) is 12.7 Å². The van der Waals surface area contributed by atoms with Crippen molar-refractivity contribution < 1.29 is 4.74 Å². The SMILES string of the molecule is CNc1ncnc(N2CCOC(C)C2)c1C. The molecule has 5 heteroatoms. The first-order chi connectivity index (χ1) is 7.72. The van der Waals surface area contributed by atoms with Crippen LogP contribution < -0.4 is 10.2 Å². The number of ether oxygens (including phenoxy) is 1. The second kappa shape index (κ2) is 4.65. The Morgan fingerprint density at radius 3 is 3.00 bits per heavy atom. The largest absolute Gasteiger partial charge is 0.375 e. The fourth-order valence-electron chi connectivity index (χ4n) is 2.02. The molecule has 0 amide bonds. The van der Waals surface area contributed by atoms with Gasteiger partial charge in [0.15, 0.2) is 0 Å². The average molecular weight is 222 g/mol. The number of hydrogen-bond acceptors (Lipinski definition) is 5. The number of nitrogens with one attached hydrogen (secondary N) is 1. The van der Waals surface area contributed by atoms with Crippen LogP contribution >= 0.6 is 0 Å². The van der Waals surface area contributed by atoms with E-state index in [0.717, 1.165) is 36.9 Å². The fourth-order valence-corrected chi connectivity index (χ4v) is 2.02. The van der Waals surface area contributed by atoms with Gasteiger partial charge < -0.3 is 15.0 Å². The van der Waals surface area contributed by atoms with Gasteiger partial charge in [0.25, 0.3) is 0 Å². The molecular formula is C11H18N4O. The van der Waals surface area contributed by atoms with Crippen LogP contribution in [0.1, 0.15) is 12.5 Å². The number of aromatic nitrogens is 2. The van der Waals surface area contributed by atoms with Crippen molar-refractivity contribution in [3.63, 3.8) is 0 Å². The highest BCUT2D eigenvalue weighted by molar-refractivity contribution is 5.57. The van der Waals surface area contributed by atoms with E-state index in [-0.39, 0.29) is 6.10 Å².